The van der Waals surface area contributed by atoms with Gasteiger partial charge in [0.25, 0.3) is 0 Å². The second-order valence-corrected chi connectivity index (χ2v) is 10.1. The van der Waals surface area contributed by atoms with Crippen LogP contribution in [0.1, 0.15) is 30.9 Å². The summed E-state index contributed by atoms with van der Waals surface area (Å²) in [5.41, 5.74) is 2.31. The van der Waals surface area contributed by atoms with Gasteiger partial charge < -0.3 is 36.5 Å². The first-order valence-electron chi connectivity index (χ1n) is 13.4. The summed E-state index contributed by atoms with van der Waals surface area (Å²) in [7, 11) is 0. The lowest BCUT2D eigenvalue weighted by atomic mass is 10.0. The van der Waals surface area contributed by atoms with Crippen LogP contribution in [0.2, 0.25) is 0 Å². The van der Waals surface area contributed by atoms with Gasteiger partial charge in [-0.05, 0) is 43.5 Å². The Hall–Kier alpha value is -4.22. The zero-order valence-electron chi connectivity index (χ0n) is 22.2. The number of amides is 3. The number of carboxylic acid groups (broad SMARTS) is 1. The molecule has 0 radical (unpaired) electrons. The van der Waals surface area contributed by atoms with Crippen LogP contribution in [-0.2, 0) is 32.0 Å². The summed E-state index contributed by atoms with van der Waals surface area (Å²) in [6.07, 6.45) is 2.02. The van der Waals surface area contributed by atoms with Crippen molar-refractivity contribution < 1.29 is 29.4 Å². The van der Waals surface area contributed by atoms with E-state index in [1.165, 1.54) is 6.92 Å². The van der Waals surface area contributed by atoms with Gasteiger partial charge in [-0.2, -0.15) is 0 Å². The maximum absolute atomic E-state index is 13.5. The number of carboxylic acids is 1. The topological polar surface area (TPSA) is 173 Å². The van der Waals surface area contributed by atoms with Crippen LogP contribution in [0.5, 0.6) is 0 Å². The number of carbonyl (C=O) groups excluding carboxylic acids is 3. The fourth-order valence-electron chi connectivity index (χ4n) is 4.88. The highest BCUT2D eigenvalue weighted by atomic mass is 16.4. The molecule has 1 aliphatic rings. The van der Waals surface area contributed by atoms with E-state index in [1.54, 1.807) is 30.5 Å². The third-order valence-electron chi connectivity index (χ3n) is 7.07. The van der Waals surface area contributed by atoms with Gasteiger partial charge >= 0.3 is 5.97 Å². The molecule has 0 aliphatic carbocycles. The van der Waals surface area contributed by atoms with E-state index in [9.17, 15) is 29.4 Å². The van der Waals surface area contributed by atoms with E-state index in [0.29, 0.717) is 13.0 Å². The van der Waals surface area contributed by atoms with Crippen molar-refractivity contribution in [1.29, 1.82) is 0 Å². The molecule has 1 saturated heterocycles. The zero-order chi connectivity index (χ0) is 28.6. The van der Waals surface area contributed by atoms with Crippen molar-refractivity contribution in [1.82, 2.24) is 26.3 Å². The molecule has 0 spiro atoms. The van der Waals surface area contributed by atoms with Crippen molar-refractivity contribution in [3.8, 4) is 0 Å². The van der Waals surface area contributed by atoms with Crippen molar-refractivity contribution in [3.63, 3.8) is 0 Å². The van der Waals surface area contributed by atoms with E-state index in [-0.39, 0.29) is 12.8 Å². The van der Waals surface area contributed by atoms with Gasteiger partial charge in [-0.15, -0.1) is 0 Å². The highest BCUT2D eigenvalue weighted by molar-refractivity contribution is 5.95. The van der Waals surface area contributed by atoms with Gasteiger partial charge in [0.05, 0.1) is 12.1 Å². The molecule has 11 nitrogen and oxygen atoms in total. The minimum atomic E-state index is -1.30. The van der Waals surface area contributed by atoms with Crippen molar-refractivity contribution in [2.24, 2.45) is 0 Å². The zero-order valence-corrected chi connectivity index (χ0v) is 22.2. The number of aliphatic hydroxyl groups excluding tert-OH is 1. The summed E-state index contributed by atoms with van der Waals surface area (Å²) < 4.78 is 0. The van der Waals surface area contributed by atoms with Gasteiger partial charge in [-0.25, -0.2) is 4.79 Å². The van der Waals surface area contributed by atoms with Crippen LogP contribution in [0.15, 0.2) is 60.8 Å². The molecule has 4 rings (SSSR count). The third-order valence-corrected chi connectivity index (χ3v) is 7.07. The molecular formula is C29H35N5O6. The van der Waals surface area contributed by atoms with Gasteiger partial charge in [0.1, 0.15) is 18.1 Å². The van der Waals surface area contributed by atoms with E-state index in [0.717, 1.165) is 28.5 Å². The first-order chi connectivity index (χ1) is 19.2. The van der Waals surface area contributed by atoms with Crippen molar-refractivity contribution in [2.75, 3.05) is 6.54 Å². The number of carbonyl (C=O) groups is 4. The molecule has 2 aromatic carbocycles. The molecular weight excluding hydrogens is 514 g/mol. The van der Waals surface area contributed by atoms with E-state index in [4.69, 9.17) is 0 Å². The molecule has 1 fully saturated rings. The molecule has 2 heterocycles. The Morgan fingerprint density at radius 2 is 1.62 bits per heavy atom. The lowest BCUT2D eigenvalue weighted by Gasteiger charge is -2.26. The Morgan fingerprint density at radius 1 is 0.925 bits per heavy atom. The number of H-pyrrole nitrogens is 1. The second-order valence-electron chi connectivity index (χ2n) is 10.1. The number of para-hydroxylation sites is 1. The SMILES string of the molecule is CC(O)C(NC(=O)C1CCCN1)C(=O)NC(Cc1ccccc1)C(=O)NC(Cc1c[nH]c2ccccc12)C(=O)O. The first kappa shape index (κ1) is 28.8. The van der Waals surface area contributed by atoms with Crippen molar-refractivity contribution in [3.05, 3.63) is 71.9 Å². The van der Waals surface area contributed by atoms with E-state index >= 15 is 0 Å². The van der Waals surface area contributed by atoms with Gasteiger partial charge in [-0.1, -0.05) is 48.5 Å². The van der Waals surface area contributed by atoms with Gasteiger partial charge in [-0.3, -0.25) is 14.4 Å². The summed E-state index contributed by atoms with van der Waals surface area (Å²) in [5, 5.41) is 31.9. The lowest BCUT2D eigenvalue weighted by Crippen LogP contribution is -2.60. The summed E-state index contributed by atoms with van der Waals surface area (Å²) >= 11 is 0. The summed E-state index contributed by atoms with van der Waals surface area (Å²) in [6, 6.07) is 12.2. The Labute approximate surface area is 231 Å². The monoisotopic (exact) mass is 549 g/mol. The van der Waals surface area contributed by atoms with Crippen molar-refractivity contribution >= 4 is 34.6 Å². The number of benzene rings is 2. The Bertz CT molecular complexity index is 1330. The van der Waals surface area contributed by atoms with Crippen LogP contribution in [0.4, 0.5) is 0 Å². The molecule has 0 saturated carbocycles. The molecule has 5 unspecified atom stereocenters. The number of hydrogen-bond donors (Lipinski definition) is 7. The Kier molecular flexibility index (Phi) is 9.52. The molecule has 0 bridgehead atoms. The first-order valence-corrected chi connectivity index (χ1v) is 13.4. The van der Waals surface area contributed by atoms with E-state index in [2.05, 4.69) is 26.3 Å². The van der Waals surface area contributed by atoms with Crippen LogP contribution in [0.25, 0.3) is 10.9 Å². The van der Waals surface area contributed by atoms with Crippen LogP contribution in [0.3, 0.4) is 0 Å². The summed E-state index contributed by atoms with van der Waals surface area (Å²) in [5.74, 6) is -3.08. The largest absolute Gasteiger partial charge is 0.480 e. The number of aromatic nitrogens is 1. The normalized spacial score (nSPS) is 17.9. The third kappa shape index (κ3) is 7.25. The van der Waals surface area contributed by atoms with Crippen LogP contribution in [0, 0.1) is 0 Å². The molecule has 212 valence electrons. The predicted molar refractivity (Wildman–Crippen MR) is 148 cm³/mol. The number of aliphatic hydroxyl groups is 1. The molecule has 3 aromatic rings. The van der Waals surface area contributed by atoms with Gasteiger partial charge in [0, 0.05) is 29.9 Å². The number of aliphatic carboxylic acids is 1. The quantitative estimate of drug-likeness (QED) is 0.173. The molecule has 5 atom stereocenters. The number of rotatable bonds is 12. The molecule has 3 amide bonds. The maximum atomic E-state index is 13.5. The number of aromatic amines is 1. The van der Waals surface area contributed by atoms with E-state index in [1.807, 2.05) is 30.3 Å². The average Bonchev–Trinajstić information content (AvgIpc) is 3.62. The molecule has 1 aliphatic heterocycles. The minimum absolute atomic E-state index is 0.0256. The highest BCUT2D eigenvalue weighted by Gasteiger charge is 2.33. The summed E-state index contributed by atoms with van der Waals surface area (Å²) in [4.78, 5) is 54.6. The Morgan fingerprint density at radius 3 is 2.30 bits per heavy atom. The van der Waals surface area contributed by atoms with Crippen LogP contribution in [-0.4, -0.2) is 75.7 Å². The standard InChI is InChI=1S/C29H35N5O6/c1-17(35)25(34-26(36)22-12-7-13-30-22)28(38)32-23(14-18-8-3-2-4-9-18)27(37)33-24(29(39)40)15-19-16-31-21-11-6-5-10-20(19)21/h2-6,8-11,16-17,22-25,30-31,35H,7,12-15H2,1H3,(H,32,38)(H,33,37)(H,34,36)(H,39,40). The minimum Gasteiger partial charge on any atom is -0.480 e. The number of fused-ring (bicyclic) bond motifs is 1. The summed E-state index contributed by atoms with van der Waals surface area (Å²) in [6.45, 7) is 2.06. The number of nitrogens with one attached hydrogen (secondary N) is 5. The average molecular weight is 550 g/mol. The lowest BCUT2D eigenvalue weighted by molar-refractivity contribution is -0.142. The second kappa shape index (κ2) is 13.2. The maximum Gasteiger partial charge on any atom is 0.326 e. The predicted octanol–water partition coefficient (Wildman–Crippen LogP) is 0.625. The Balaban J connectivity index is 1.51. The highest BCUT2D eigenvalue weighted by Crippen LogP contribution is 2.19. The fraction of sp³-hybridized carbons (Fsp3) is 0.379. The van der Waals surface area contributed by atoms with Crippen LogP contribution >= 0.6 is 0 Å². The fourth-order valence-corrected chi connectivity index (χ4v) is 4.88. The molecule has 1 aromatic heterocycles. The molecule has 40 heavy (non-hydrogen) atoms. The molecule has 11 heteroatoms. The molecule has 7 N–H and O–H groups in total. The van der Waals surface area contributed by atoms with E-state index < -0.39 is 54.0 Å². The smallest absolute Gasteiger partial charge is 0.326 e. The van der Waals surface area contributed by atoms with Crippen LogP contribution < -0.4 is 21.3 Å². The number of hydrogen-bond acceptors (Lipinski definition) is 6. The van der Waals surface area contributed by atoms with Gasteiger partial charge in [0.2, 0.25) is 17.7 Å². The van der Waals surface area contributed by atoms with Crippen molar-refractivity contribution in [2.45, 2.75) is 62.9 Å². The van der Waals surface area contributed by atoms with Gasteiger partial charge in [0.15, 0.2) is 0 Å².